The minimum absolute atomic E-state index is 0.0880. The van der Waals surface area contributed by atoms with Crippen molar-refractivity contribution in [1.29, 1.82) is 0 Å². The number of aromatic carboxylic acids is 1. The van der Waals surface area contributed by atoms with Crippen molar-refractivity contribution in [2.45, 2.75) is 13.5 Å². The predicted molar refractivity (Wildman–Crippen MR) is 68.3 cm³/mol. The van der Waals surface area contributed by atoms with E-state index < -0.39 is 10.9 Å². The Balaban J connectivity index is 2.42. The van der Waals surface area contributed by atoms with Crippen LogP contribution in [0, 0.1) is 17.0 Å². The van der Waals surface area contributed by atoms with Crippen LogP contribution in [0.3, 0.4) is 0 Å². The smallest absolute Gasteiger partial charge is 0.352 e. The van der Waals surface area contributed by atoms with Crippen LogP contribution in [0.15, 0.2) is 36.5 Å². The highest BCUT2D eigenvalue weighted by Gasteiger charge is 2.18. The van der Waals surface area contributed by atoms with Crippen molar-refractivity contribution >= 4 is 11.7 Å². The van der Waals surface area contributed by atoms with Crippen LogP contribution in [-0.4, -0.2) is 20.6 Å². The molecule has 0 fully saturated rings. The molecule has 0 saturated carbocycles. The van der Waals surface area contributed by atoms with Crippen LogP contribution in [-0.2, 0) is 6.54 Å². The highest BCUT2D eigenvalue weighted by atomic mass is 16.6. The molecule has 0 unspecified atom stereocenters. The van der Waals surface area contributed by atoms with Crippen molar-refractivity contribution in [2.75, 3.05) is 0 Å². The number of carboxylic acid groups (broad SMARTS) is 1. The van der Waals surface area contributed by atoms with Gasteiger partial charge in [-0.1, -0.05) is 24.3 Å². The van der Waals surface area contributed by atoms with Crippen molar-refractivity contribution in [3.63, 3.8) is 0 Å². The quantitative estimate of drug-likeness (QED) is 0.675. The van der Waals surface area contributed by atoms with Crippen molar-refractivity contribution in [3.05, 3.63) is 63.5 Å². The van der Waals surface area contributed by atoms with E-state index in [9.17, 15) is 14.9 Å². The standard InChI is InChI=1S/C13H12N2O4/c1-9-4-2-3-5-10(9)7-14-8-11(15(18)19)6-12(14)13(16)17/h2-6,8H,7H2,1H3,(H,16,17). The molecule has 0 aliphatic heterocycles. The predicted octanol–water partition coefficient (Wildman–Crippen LogP) is 2.45. The number of carboxylic acids is 1. The normalized spacial score (nSPS) is 10.4. The summed E-state index contributed by atoms with van der Waals surface area (Å²) in [5.41, 5.74) is 1.63. The lowest BCUT2D eigenvalue weighted by atomic mass is 10.1. The Morgan fingerprint density at radius 3 is 2.68 bits per heavy atom. The second kappa shape index (κ2) is 4.93. The van der Waals surface area contributed by atoms with E-state index in [4.69, 9.17) is 5.11 Å². The number of nitrogens with zero attached hydrogens (tertiary/aromatic N) is 2. The Morgan fingerprint density at radius 2 is 2.11 bits per heavy atom. The molecule has 0 atom stereocenters. The second-order valence-electron chi connectivity index (χ2n) is 4.20. The number of hydrogen-bond acceptors (Lipinski definition) is 3. The zero-order valence-electron chi connectivity index (χ0n) is 10.2. The molecule has 0 bridgehead atoms. The molecule has 98 valence electrons. The minimum Gasteiger partial charge on any atom is -0.477 e. The maximum absolute atomic E-state index is 11.1. The number of nitro groups is 1. The Labute approximate surface area is 109 Å². The lowest BCUT2D eigenvalue weighted by molar-refractivity contribution is -0.384. The molecular formula is C13H12N2O4. The van der Waals surface area contributed by atoms with Gasteiger partial charge in [0.2, 0.25) is 0 Å². The van der Waals surface area contributed by atoms with Gasteiger partial charge in [0.25, 0.3) is 5.69 Å². The van der Waals surface area contributed by atoms with Gasteiger partial charge in [-0.25, -0.2) is 4.79 Å². The third kappa shape index (κ3) is 2.62. The van der Waals surface area contributed by atoms with Crippen LogP contribution in [0.5, 0.6) is 0 Å². The van der Waals surface area contributed by atoms with E-state index in [-0.39, 0.29) is 11.4 Å². The summed E-state index contributed by atoms with van der Waals surface area (Å²) >= 11 is 0. The first-order valence-electron chi connectivity index (χ1n) is 5.61. The Morgan fingerprint density at radius 1 is 1.42 bits per heavy atom. The SMILES string of the molecule is Cc1ccccc1Cn1cc([N+](=O)[O-])cc1C(=O)O. The summed E-state index contributed by atoms with van der Waals surface area (Å²) in [4.78, 5) is 21.2. The summed E-state index contributed by atoms with van der Waals surface area (Å²) in [6.45, 7) is 2.20. The number of aryl methyl sites for hydroxylation is 1. The zero-order valence-corrected chi connectivity index (χ0v) is 10.2. The summed E-state index contributed by atoms with van der Waals surface area (Å²) in [5, 5.41) is 19.8. The molecule has 1 N–H and O–H groups in total. The van der Waals surface area contributed by atoms with Crippen LogP contribution in [0.25, 0.3) is 0 Å². The van der Waals surface area contributed by atoms with Crippen molar-refractivity contribution < 1.29 is 14.8 Å². The molecule has 2 aromatic rings. The molecule has 19 heavy (non-hydrogen) atoms. The van der Waals surface area contributed by atoms with Crippen LogP contribution in [0.2, 0.25) is 0 Å². The fraction of sp³-hybridized carbons (Fsp3) is 0.154. The maximum atomic E-state index is 11.1. The lowest BCUT2D eigenvalue weighted by Gasteiger charge is -2.08. The Hall–Kier alpha value is -2.63. The van der Waals surface area contributed by atoms with Gasteiger partial charge in [-0.2, -0.15) is 0 Å². The first-order chi connectivity index (χ1) is 8.99. The van der Waals surface area contributed by atoms with E-state index in [1.54, 1.807) is 0 Å². The zero-order chi connectivity index (χ0) is 14.0. The lowest BCUT2D eigenvalue weighted by Crippen LogP contribution is -2.09. The van der Waals surface area contributed by atoms with Crippen LogP contribution < -0.4 is 0 Å². The third-order valence-corrected chi connectivity index (χ3v) is 2.91. The molecule has 0 radical (unpaired) electrons. The number of carbonyl (C=O) groups is 1. The molecular weight excluding hydrogens is 248 g/mol. The first-order valence-corrected chi connectivity index (χ1v) is 5.61. The number of aromatic nitrogens is 1. The molecule has 1 aromatic heterocycles. The van der Waals surface area contributed by atoms with E-state index in [0.717, 1.165) is 17.2 Å². The monoisotopic (exact) mass is 260 g/mol. The Bertz CT molecular complexity index is 646. The number of hydrogen-bond donors (Lipinski definition) is 1. The molecule has 0 amide bonds. The van der Waals surface area contributed by atoms with E-state index in [2.05, 4.69) is 0 Å². The van der Waals surface area contributed by atoms with Gasteiger partial charge in [0.05, 0.1) is 11.1 Å². The molecule has 0 spiro atoms. The molecule has 6 nitrogen and oxygen atoms in total. The molecule has 1 heterocycles. The van der Waals surface area contributed by atoms with Crippen LogP contribution in [0.1, 0.15) is 21.6 Å². The fourth-order valence-electron chi connectivity index (χ4n) is 1.88. The highest BCUT2D eigenvalue weighted by Crippen LogP contribution is 2.19. The second-order valence-corrected chi connectivity index (χ2v) is 4.20. The van der Waals surface area contributed by atoms with Gasteiger partial charge in [-0.05, 0) is 18.1 Å². The van der Waals surface area contributed by atoms with E-state index in [0.29, 0.717) is 6.54 Å². The number of benzene rings is 1. The van der Waals surface area contributed by atoms with Gasteiger partial charge < -0.3 is 9.67 Å². The van der Waals surface area contributed by atoms with Crippen LogP contribution >= 0.6 is 0 Å². The maximum Gasteiger partial charge on any atom is 0.352 e. The Kier molecular flexibility index (Phi) is 3.33. The highest BCUT2D eigenvalue weighted by molar-refractivity contribution is 5.87. The number of rotatable bonds is 4. The topological polar surface area (TPSA) is 85.4 Å². The van der Waals surface area contributed by atoms with Crippen LogP contribution in [0.4, 0.5) is 5.69 Å². The largest absolute Gasteiger partial charge is 0.477 e. The molecule has 1 aromatic carbocycles. The summed E-state index contributed by atoms with van der Waals surface area (Å²) in [7, 11) is 0. The summed E-state index contributed by atoms with van der Waals surface area (Å²) in [6.07, 6.45) is 1.25. The average Bonchev–Trinajstić information content (AvgIpc) is 2.76. The van der Waals surface area contributed by atoms with Gasteiger partial charge in [-0.3, -0.25) is 10.1 Å². The summed E-state index contributed by atoms with van der Waals surface area (Å²) in [6, 6.07) is 8.58. The first kappa shape index (κ1) is 12.8. The van der Waals surface area contributed by atoms with E-state index >= 15 is 0 Å². The fourth-order valence-corrected chi connectivity index (χ4v) is 1.88. The molecule has 2 rings (SSSR count). The molecule has 0 aliphatic rings. The molecule has 0 aliphatic carbocycles. The van der Waals surface area contributed by atoms with Crippen molar-refractivity contribution in [3.8, 4) is 0 Å². The third-order valence-electron chi connectivity index (χ3n) is 2.91. The van der Waals surface area contributed by atoms with Gasteiger partial charge in [0, 0.05) is 12.6 Å². The van der Waals surface area contributed by atoms with E-state index in [1.807, 2.05) is 31.2 Å². The van der Waals surface area contributed by atoms with Gasteiger partial charge in [0.15, 0.2) is 0 Å². The van der Waals surface area contributed by atoms with Gasteiger partial charge in [0.1, 0.15) is 5.69 Å². The van der Waals surface area contributed by atoms with Crippen molar-refractivity contribution in [2.24, 2.45) is 0 Å². The molecule has 0 saturated heterocycles. The van der Waals surface area contributed by atoms with Crippen molar-refractivity contribution in [1.82, 2.24) is 4.57 Å². The summed E-state index contributed by atoms with van der Waals surface area (Å²) < 4.78 is 1.38. The summed E-state index contributed by atoms with van der Waals surface area (Å²) in [5.74, 6) is -1.18. The molecule has 6 heteroatoms. The van der Waals surface area contributed by atoms with Gasteiger partial charge >= 0.3 is 5.97 Å². The minimum atomic E-state index is -1.18. The average molecular weight is 260 g/mol. The van der Waals surface area contributed by atoms with E-state index in [1.165, 1.54) is 10.8 Å². The van der Waals surface area contributed by atoms with Gasteiger partial charge in [-0.15, -0.1) is 0 Å².